The number of nitrogens with two attached hydrogens (primary N) is 1. The Bertz CT molecular complexity index is 385. The van der Waals surface area contributed by atoms with E-state index in [1.54, 1.807) is 6.07 Å². The maximum absolute atomic E-state index is 14.0. The van der Waals surface area contributed by atoms with Crippen LogP contribution in [-0.4, -0.2) is 0 Å². The molecule has 1 aliphatic rings. The second-order valence-electron chi connectivity index (χ2n) is 5.82. The summed E-state index contributed by atoms with van der Waals surface area (Å²) in [6.07, 6.45) is 7.43. The van der Waals surface area contributed by atoms with Crippen molar-refractivity contribution >= 4 is 0 Å². The van der Waals surface area contributed by atoms with Crippen molar-refractivity contribution < 1.29 is 4.39 Å². The minimum Gasteiger partial charge on any atom is -0.324 e. The molecular formula is C16H24FN. The van der Waals surface area contributed by atoms with Crippen molar-refractivity contribution in [1.82, 2.24) is 0 Å². The molecule has 1 atom stereocenters. The van der Waals surface area contributed by atoms with Gasteiger partial charge in [-0.1, -0.05) is 38.2 Å². The van der Waals surface area contributed by atoms with Gasteiger partial charge >= 0.3 is 0 Å². The smallest absolute Gasteiger partial charge is 0.128 e. The maximum atomic E-state index is 14.0. The second-order valence-corrected chi connectivity index (χ2v) is 5.82. The predicted octanol–water partition coefficient (Wildman–Crippen LogP) is 4.41. The third-order valence-electron chi connectivity index (χ3n) is 4.16. The van der Waals surface area contributed by atoms with Crippen molar-refractivity contribution in [2.24, 2.45) is 11.7 Å². The number of halogens is 1. The van der Waals surface area contributed by atoms with E-state index in [0.717, 1.165) is 23.1 Å². The van der Waals surface area contributed by atoms with Crippen molar-refractivity contribution in [2.75, 3.05) is 0 Å². The van der Waals surface area contributed by atoms with Crippen LogP contribution in [-0.2, 0) is 0 Å². The Morgan fingerprint density at radius 3 is 2.50 bits per heavy atom. The lowest BCUT2D eigenvalue weighted by molar-refractivity contribution is 0.316. The summed E-state index contributed by atoms with van der Waals surface area (Å²) >= 11 is 0. The average Bonchev–Trinajstić information content (AvgIpc) is 2.28. The summed E-state index contributed by atoms with van der Waals surface area (Å²) in [6, 6.07) is 3.48. The third-order valence-corrected chi connectivity index (χ3v) is 4.16. The molecule has 2 N–H and O–H groups in total. The number of aryl methyl sites for hydroxylation is 2. The van der Waals surface area contributed by atoms with Gasteiger partial charge in [-0.25, -0.2) is 4.39 Å². The highest BCUT2D eigenvalue weighted by Crippen LogP contribution is 2.32. The van der Waals surface area contributed by atoms with Crippen LogP contribution in [0, 0.1) is 25.6 Å². The van der Waals surface area contributed by atoms with Crippen LogP contribution >= 0.6 is 0 Å². The minimum atomic E-state index is -0.145. The van der Waals surface area contributed by atoms with Crippen LogP contribution in [0.1, 0.15) is 61.3 Å². The number of hydrogen-bond acceptors (Lipinski definition) is 1. The van der Waals surface area contributed by atoms with Crippen molar-refractivity contribution in [3.8, 4) is 0 Å². The van der Waals surface area contributed by atoms with Crippen molar-refractivity contribution in [2.45, 2.75) is 58.4 Å². The molecule has 0 amide bonds. The zero-order valence-electron chi connectivity index (χ0n) is 11.5. The van der Waals surface area contributed by atoms with Gasteiger partial charge in [-0.05, 0) is 43.4 Å². The van der Waals surface area contributed by atoms with Crippen LogP contribution in [0.4, 0.5) is 4.39 Å². The Morgan fingerprint density at radius 1 is 1.22 bits per heavy atom. The standard InChI is InChI=1S/C16H24FN/c1-11-8-12(2)16(14(17)9-11)15(18)10-13-6-4-3-5-7-13/h8-9,13,15H,3-7,10,18H2,1-2H3. The van der Waals surface area contributed by atoms with Gasteiger partial charge in [-0.15, -0.1) is 0 Å². The molecular weight excluding hydrogens is 225 g/mol. The van der Waals surface area contributed by atoms with Crippen molar-refractivity contribution in [3.63, 3.8) is 0 Å². The Labute approximate surface area is 110 Å². The molecule has 18 heavy (non-hydrogen) atoms. The first-order chi connectivity index (χ1) is 8.58. The van der Waals surface area contributed by atoms with Crippen LogP contribution in [0.25, 0.3) is 0 Å². The monoisotopic (exact) mass is 249 g/mol. The quantitative estimate of drug-likeness (QED) is 0.843. The molecule has 0 heterocycles. The lowest BCUT2D eigenvalue weighted by atomic mass is 9.82. The summed E-state index contributed by atoms with van der Waals surface area (Å²) in [5.74, 6) is 0.560. The lowest BCUT2D eigenvalue weighted by Crippen LogP contribution is -2.19. The molecule has 1 unspecified atom stereocenters. The zero-order valence-corrected chi connectivity index (χ0v) is 11.5. The van der Waals surface area contributed by atoms with Gasteiger partial charge < -0.3 is 5.73 Å². The van der Waals surface area contributed by atoms with E-state index in [-0.39, 0.29) is 11.9 Å². The molecule has 100 valence electrons. The molecule has 0 bridgehead atoms. The lowest BCUT2D eigenvalue weighted by Gasteiger charge is -2.25. The molecule has 2 rings (SSSR count). The van der Waals surface area contributed by atoms with Gasteiger partial charge in [0.2, 0.25) is 0 Å². The topological polar surface area (TPSA) is 26.0 Å². The normalized spacial score (nSPS) is 18.9. The fraction of sp³-hybridized carbons (Fsp3) is 0.625. The molecule has 0 aromatic heterocycles. The van der Waals surface area contributed by atoms with E-state index in [4.69, 9.17) is 5.73 Å². The first kappa shape index (κ1) is 13.5. The molecule has 1 fully saturated rings. The Hall–Kier alpha value is -0.890. The summed E-state index contributed by atoms with van der Waals surface area (Å²) in [4.78, 5) is 0. The van der Waals surface area contributed by atoms with Crippen LogP contribution in [0.15, 0.2) is 12.1 Å². The SMILES string of the molecule is Cc1cc(C)c(C(N)CC2CCCCC2)c(F)c1. The highest BCUT2D eigenvalue weighted by atomic mass is 19.1. The summed E-state index contributed by atoms with van der Waals surface area (Å²) in [7, 11) is 0. The molecule has 1 aliphatic carbocycles. The van der Waals surface area contributed by atoms with Gasteiger partial charge in [-0.2, -0.15) is 0 Å². The van der Waals surface area contributed by atoms with Gasteiger partial charge in [0.1, 0.15) is 5.82 Å². The Balaban J connectivity index is 2.10. The molecule has 1 nitrogen and oxygen atoms in total. The first-order valence-electron chi connectivity index (χ1n) is 7.10. The highest BCUT2D eigenvalue weighted by Gasteiger charge is 2.21. The van der Waals surface area contributed by atoms with Crippen LogP contribution < -0.4 is 5.73 Å². The Morgan fingerprint density at radius 2 is 1.89 bits per heavy atom. The van der Waals surface area contributed by atoms with E-state index >= 15 is 0 Å². The van der Waals surface area contributed by atoms with E-state index in [0.29, 0.717) is 5.92 Å². The second kappa shape index (κ2) is 5.83. The molecule has 0 spiro atoms. The zero-order chi connectivity index (χ0) is 13.1. The predicted molar refractivity (Wildman–Crippen MR) is 74.0 cm³/mol. The molecule has 0 aliphatic heterocycles. The number of rotatable bonds is 3. The molecule has 0 radical (unpaired) electrons. The van der Waals surface area contributed by atoms with E-state index in [1.165, 1.54) is 32.1 Å². The highest BCUT2D eigenvalue weighted by molar-refractivity contribution is 5.34. The molecule has 1 saturated carbocycles. The van der Waals surface area contributed by atoms with E-state index < -0.39 is 0 Å². The molecule has 2 heteroatoms. The summed E-state index contributed by atoms with van der Waals surface area (Å²) < 4.78 is 14.0. The summed E-state index contributed by atoms with van der Waals surface area (Å²) in [6.45, 7) is 3.89. The van der Waals surface area contributed by atoms with Crippen LogP contribution in [0.3, 0.4) is 0 Å². The van der Waals surface area contributed by atoms with E-state index in [2.05, 4.69) is 0 Å². The van der Waals surface area contributed by atoms with Crippen molar-refractivity contribution in [1.29, 1.82) is 0 Å². The average molecular weight is 249 g/mol. The van der Waals surface area contributed by atoms with Gasteiger partial charge in [0.25, 0.3) is 0 Å². The van der Waals surface area contributed by atoms with Crippen molar-refractivity contribution in [3.05, 3.63) is 34.6 Å². The summed E-state index contributed by atoms with van der Waals surface area (Å²) in [5, 5.41) is 0. The molecule has 1 aromatic carbocycles. The van der Waals surface area contributed by atoms with Gasteiger partial charge in [-0.3, -0.25) is 0 Å². The number of benzene rings is 1. The first-order valence-corrected chi connectivity index (χ1v) is 7.10. The van der Waals surface area contributed by atoms with Crippen LogP contribution in [0.2, 0.25) is 0 Å². The van der Waals surface area contributed by atoms with Gasteiger partial charge in [0.05, 0.1) is 0 Å². The molecule has 1 aromatic rings. The van der Waals surface area contributed by atoms with E-state index in [1.807, 2.05) is 19.9 Å². The molecule has 0 saturated heterocycles. The van der Waals surface area contributed by atoms with Crippen LogP contribution in [0.5, 0.6) is 0 Å². The van der Waals surface area contributed by atoms with Gasteiger partial charge in [0.15, 0.2) is 0 Å². The fourth-order valence-electron chi connectivity index (χ4n) is 3.30. The number of hydrogen-bond donors (Lipinski definition) is 1. The largest absolute Gasteiger partial charge is 0.324 e. The maximum Gasteiger partial charge on any atom is 0.128 e. The minimum absolute atomic E-state index is 0.129. The third kappa shape index (κ3) is 3.11. The van der Waals surface area contributed by atoms with E-state index in [9.17, 15) is 4.39 Å². The fourth-order valence-corrected chi connectivity index (χ4v) is 3.30. The van der Waals surface area contributed by atoms with Gasteiger partial charge in [0, 0.05) is 11.6 Å². The summed E-state index contributed by atoms with van der Waals surface area (Å²) in [5.41, 5.74) is 8.93. The Kier molecular flexibility index (Phi) is 4.39.